The minimum Gasteiger partial charge on any atom is -0.403 e. The number of guanidine groups is 1. The van der Waals surface area contributed by atoms with E-state index in [1.54, 1.807) is 12.1 Å². The van der Waals surface area contributed by atoms with Gasteiger partial charge in [0, 0.05) is 35.7 Å². The minimum absolute atomic E-state index is 0.0184. The van der Waals surface area contributed by atoms with Gasteiger partial charge >= 0.3 is 12.1 Å². The highest BCUT2D eigenvalue weighted by atomic mass is 19.4. The summed E-state index contributed by atoms with van der Waals surface area (Å²) in [6.07, 6.45) is -0.447. The number of hydrogen-bond acceptors (Lipinski definition) is 7. The number of benzene rings is 2. The van der Waals surface area contributed by atoms with Gasteiger partial charge in [-0.05, 0) is 94.0 Å². The van der Waals surface area contributed by atoms with E-state index in [4.69, 9.17) is 22.5 Å². The van der Waals surface area contributed by atoms with Crippen LogP contribution in [0.2, 0.25) is 0 Å². The summed E-state index contributed by atoms with van der Waals surface area (Å²) in [6.45, 7) is 4.41. The predicted molar refractivity (Wildman–Crippen MR) is 176 cm³/mol. The first-order valence-corrected chi connectivity index (χ1v) is 15.5. The van der Waals surface area contributed by atoms with Gasteiger partial charge in [-0.3, -0.25) is 9.56 Å². The third kappa shape index (κ3) is 9.79. The summed E-state index contributed by atoms with van der Waals surface area (Å²) < 4.78 is 60.1. The summed E-state index contributed by atoms with van der Waals surface area (Å²) in [5.74, 6) is -2.16. The Labute approximate surface area is 274 Å². The highest BCUT2D eigenvalue weighted by Crippen LogP contribution is 2.35. The van der Waals surface area contributed by atoms with Crippen LogP contribution < -0.4 is 32.9 Å². The predicted octanol–water partition coefficient (Wildman–Crippen LogP) is 5.07. The van der Waals surface area contributed by atoms with Gasteiger partial charge in [0.15, 0.2) is 17.5 Å². The number of aryl methyl sites for hydroxylation is 1. The average molecular weight is 670 g/mol. The van der Waals surface area contributed by atoms with E-state index in [1.165, 1.54) is 22.9 Å². The standard InChI is InChI=1S/C33H39F4N9O2/c1-19(39)5-3-6-21-15-26(29(34)28(16-21)48-33(35,36)37)27-17-23-18-46(32(47)45-30(23)44-27)25-10-8-22(9-11-25)20(2)42-14-12-24(7-4-13-38)43-31(40)41/h8-11,15-20,24,42H,3-7,12,14,39H2,1-2H3,(H4,40,41,43)(H,44,45,47)/t19-,20-,24-/m0/s1. The molecular formula is C33H39F4N9O2. The molecule has 0 unspecified atom stereocenters. The highest BCUT2D eigenvalue weighted by molar-refractivity contribution is 5.83. The molecule has 0 aliphatic heterocycles. The van der Waals surface area contributed by atoms with Crippen molar-refractivity contribution in [3.8, 4) is 28.8 Å². The van der Waals surface area contributed by atoms with E-state index in [-0.39, 0.29) is 41.0 Å². The largest absolute Gasteiger partial charge is 0.573 e. The van der Waals surface area contributed by atoms with Crippen molar-refractivity contribution in [3.63, 3.8) is 0 Å². The molecule has 15 heteroatoms. The second-order valence-electron chi connectivity index (χ2n) is 11.7. The van der Waals surface area contributed by atoms with Crippen molar-refractivity contribution in [2.24, 2.45) is 22.2 Å². The van der Waals surface area contributed by atoms with Gasteiger partial charge in [0.25, 0.3) is 0 Å². The van der Waals surface area contributed by atoms with Gasteiger partial charge < -0.3 is 32.2 Å². The van der Waals surface area contributed by atoms with Crippen LogP contribution in [0.5, 0.6) is 5.75 Å². The number of alkyl halides is 3. The van der Waals surface area contributed by atoms with E-state index in [0.717, 1.165) is 11.6 Å². The summed E-state index contributed by atoms with van der Waals surface area (Å²) in [5, 5.41) is 12.7. The zero-order valence-electron chi connectivity index (χ0n) is 26.6. The molecule has 0 spiro atoms. The molecule has 3 atom stereocenters. The van der Waals surface area contributed by atoms with Crippen molar-refractivity contribution in [2.75, 3.05) is 6.54 Å². The van der Waals surface area contributed by atoms with Gasteiger partial charge in [-0.15, -0.1) is 13.2 Å². The number of fused-ring (bicyclic) bond motifs is 1. The van der Waals surface area contributed by atoms with Crippen molar-refractivity contribution in [2.45, 2.75) is 76.9 Å². The molecule has 0 aliphatic rings. The Morgan fingerprint density at radius 1 is 1.15 bits per heavy atom. The molecule has 0 bridgehead atoms. The summed E-state index contributed by atoms with van der Waals surface area (Å²) in [4.78, 5) is 24.2. The monoisotopic (exact) mass is 669 g/mol. The maximum Gasteiger partial charge on any atom is 0.573 e. The first-order valence-electron chi connectivity index (χ1n) is 15.5. The summed E-state index contributed by atoms with van der Waals surface area (Å²) >= 11 is 0. The van der Waals surface area contributed by atoms with Crippen molar-refractivity contribution >= 4 is 17.0 Å². The zero-order chi connectivity index (χ0) is 35.0. The van der Waals surface area contributed by atoms with Crippen LogP contribution in [-0.4, -0.2) is 45.5 Å². The fourth-order valence-corrected chi connectivity index (χ4v) is 5.37. The topological polar surface area (TPSA) is 186 Å². The highest BCUT2D eigenvalue weighted by Gasteiger charge is 2.33. The van der Waals surface area contributed by atoms with Crippen LogP contribution in [0, 0.1) is 17.1 Å². The molecule has 0 saturated carbocycles. The number of aromatic nitrogens is 3. The van der Waals surface area contributed by atoms with Crippen LogP contribution in [0.4, 0.5) is 17.6 Å². The Balaban J connectivity index is 1.55. The van der Waals surface area contributed by atoms with Crippen LogP contribution >= 0.6 is 0 Å². The fraction of sp³-hybridized carbons (Fsp3) is 0.394. The second kappa shape index (κ2) is 15.8. The molecule has 0 aliphatic carbocycles. The van der Waals surface area contributed by atoms with Crippen LogP contribution in [0.25, 0.3) is 28.0 Å². The van der Waals surface area contributed by atoms with Crippen LogP contribution in [0.1, 0.15) is 63.1 Å². The van der Waals surface area contributed by atoms with Crippen LogP contribution in [0.3, 0.4) is 0 Å². The fourth-order valence-electron chi connectivity index (χ4n) is 5.37. The molecule has 48 heavy (non-hydrogen) atoms. The maximum absolute atomic E-state index is 15.4. The molecular weight excluding hydrogens is 630 g/mol. The number of nitrogens with one attached hydrogen (secondary N) is 2. The summed E-state index contributed by atoms with van der Waals surface area (Å²) in [5.41, 5.74) is 18.3. The van der Waals surface area contributed by atoms with Gasteiger partial charge in [0.05, 0.1) is 23.5 Å². The van der Waals surface area contributed by atoms with E-state index in [9.17, 15) is 18.0 Å². The number of nitrogens with zero attached hydrogens (tertiary/aromatic N) is 4. The molecule has 0 radical (unpaired) electrons. The SMILES string of the molecule is C[C@H](N)CCCc1cc(OC(F)(F)F)c(F)c(-c2cc3cn(-c4ccc([C@H](C)NCC[C@H](CCC#N)N=C(N)N)cc4)c(=O)nc3[nH]2)c1. The number of aromatic amines is 1. The van der Waals surface area contributed by atoms with E-state index >= 15 is 4.39 Å². The lowest BCUT2D eigenvalue weighted by Gasteiger charge is -2.17. The summed E-state index contributed by atoms with van der Waals surface area (Å²) in [6, 6.07) is 13.1. The molecule has 11 nitrogen and oxygen atoms in total. The van der Waals surface area contributed by atoms with Gasteiger partial charge in [-0.1, -0.05) is 12.1 Å². The van der Waals surface area contributed by atoms with Crippen molar-refractivity contribution in [1.29, 1.82) is 5.26 Å². The lowest BCUT2D eigenvalue weighted by Crippen LogP contribution is -2.28. The molecule has 0 amide bonds. The number of ether oxygens (including phenoxy) is 1. The molecule has 2 heterocycles. The Kier molecular flexibility index (Phi) is 11.8. The van der Waals surface area contributed by atoms with Gasteiger partial charge in [0.1, 0.15) is 5.65 Å². The first kappa shape index (κ1) is 35.9. The number of nitriles is 1. The average Bonchev–Trinajstić information content (AvgIpc) is 3.42. The van der Waals surface area contributed by atoms with E-state index in [1.807, 2.05) is 26.0 Å². The Hall–Kier alpha value is -4.94. The molecule has 256 valence electrons. The minimum atomic E-state index is -5.09. The Bertz CT molecular complexity index is 1820. The molecule has 2 aromatic heterocycles. The Morgan fingerprint density at radius 3 is 2.52 bits per heavy atom. The third-order valence-corrected chi connectivity index (χ3v) is 7.77. The lowest BCUT2D eigenvalue weighted by molar-refractivity contribution is -0.275. The number of aliphatic imine (C=N–C) groups is 1. The Morgan fingerprint density at radius 2 is 1.88 bits per heavy atom. The quantitative estimate of drug-likeness (QED) is 0.0659. The number of H-pyrrole nitrogens is 1. The number of halogens is 4. The molecule has 4 aromatic rings. The van der Waals surface area contributed by atoms with Crippen molar-refractivity contribution < 1.29 is 22.3 Å². The molecule has 0 saturated heterocycles. The normalized spacial score (nSPS) is 13.5. The van der Waals surface area contributed by atoms with E-state index in [0.29, 0.717) is 61.7 Å². The molecule has 2 aromatic carbocycles. The van der Waals surface area contributed by atoms with E-state index in [2.05, 4.69) is 31.1 Å². The second-order valence-corrected chi connectivity index (χ2v) is 11.7. The van der Waals surface area contributed by atoms with Gasteiger partial charge in [0.2, 0.25) is 0 Å². The molecule has 4 rings (SSSR count). The molecule has 0 fully saturated rings. The van der Waals surface area contributed by atoms with Gasteiger partial charge in [-0.2, -0.15) is 10.2 Å². The lowest BCUT2D eigenvalue weighted by atomic mass is 10.0. The maximum atomic E-state index is 15.4. The smallest absolute Gasteiger partial charge is 0.403 e. The van der Waals surface area contributed by atoms with Crippen molar-refractivity contribution in [1.82, 2.24) is 19.9 Å². The summed E-state index contributed by atoms with van der Waals surface area (Å²) in [7, 11) is 0. The van der Waals surface area contributed by atoms with Crippen molar-refractivity contribution in [3.05, 3.63) is 76.1 Å². The number of rotatable bonds is 15. The first-order chi connectivity index (χ1) is 22.7. The van der Waals surface area contributed by atoms with E-state index < -0.39 is 23.6 Å². The molecule has 8 N–H and O–H groups in total. The zero-order valence-corrected chi connectivity index (χ0v) is 26.6. The number of nitrogens with two attached hydrogens (primary N) is 3. The van der Waals surface area contributed by atoms with Gasteiger partial charge in [-0.25, -0.2) is 9.18 Å². The third-order valence-electron chi connectivity index (χ3n) is 7.77. The van der Waals surface area contributed by atoms with Crippen LogP contribution in [-0.2, 0) is 6.42 Å². The number of hydrogen-bond donors (Lipinski definition) is 5. The van der Waals surface area contributed by atoms with Crippen LogP contribution in [0.15, 0.2) is 58.4 Å².